The minimum Gasteiger partial charge on any atom is -0.338 e. The molecule has 2 heterocycles. The molecule has 0 spiro atoms. The molecular formula is C21H29F4N5O2. The molecule has 2 aliphatic heterocycles. The van der Waals surface area contributed by atoms with Gasteiger partial charge in [-0.2, -0.15) is 13.2 Å². The highest BCUT2D eigenvalue weighted by Gasteiger charge is 2.36. The number of piperazine rings is 2. The number of hydrogen-bond acceptors (Lipinski definition) is 4. The van der Waals surface area contributed by atoms with Gasteiger partial charge in [0.05, 0.1) is 11.6 Å². The van der Waals surface area contributed by atoms with Crippen molar-refractivity contribution in [1.82, 2.24) is 20.0 Å². The zero-order valence-electron chi connectivity index (χ0n) is 18.4. The summed E-state index contributed by atoms with van der Waals surface area (Å²) in [4.78, 5) is 30.8. The Bertz CT molecular complexity index is 848. The van der Waals surface area contributed by atoms with Crippen molar-refractivity contribution in [3.63, 3.8) is 0 Å². The number of halogens is 4. The number of anilines is 1. The summed E-state index contributed by atoms with van der Waals surface area (Å²) in [5.74, 6) is -1.42. The Morgan fingerprint density at radius 3 is 2.25 bits per heavy atom. The molecule has 0 aromatic heterocycles. The van der Waals surface area contributed by atoms with Crippen molar-refractivity contribution in [2.45, 2.75) is 38.5 Å². The summed E-state index contributed by atoms with van der Waals surface area (Å²) in [5, 5.41) is 5.64. The fourth-order valence-electron chi connectivity index (χ4n) is 3.90. The SMILES string of the molecule is CC(C)(C)N1CCN[C@@H](C(=O)N2CCN(C(=O)Nc3ccc(F)c(C(F)(F)F)c3)CC2)C1. The molecule has 1 aromatic carbocycles. The number of carbonyl (C=O) groups excluding carboxylic acids is 2. The van der Waals surface area contributed by atoms with Gasteiger partial charge < -0.3 is 20.4 Å². The minimum absolute atomic E-state index is 0.0210. The van der Waals surface area contributed by atoms with E-state index in [9.17, 15) is 27.2 Å². The van der Waals surface area contributed by atoms with Crippen molar-refractivity contribution in [2.24, 2.45) is 0 Å². The fourth-order valence-corrected chi connectivity index (χ4v) is 3.90. The molecule has 0 unspecified atom stereocenters. The smallest absolute Gasteiger partial charge is 0.338 e. The van der Waals surface area contributed by atoms with Gasteiger partial charge in [0.15, 0.2) is 0 Å². The van der Waals surface area contributed by atoms with Gasteiger partial charge in [0.1, 0.15) is 5.82 Å². The predicted molar refractivity (Wildman–Crippen MR) is 112 cm³/mol. The van der Waals surface area contributed by atoms with Gasteiger partial charge in [-0.1, -0.05) is 0 Å². The Labute approximate surface area is 184 Å². The normalized spacial score (nSPS) is 20.9. The van der Waals surface area contributed by atoms with Crippen LogP contribution in [0.25, 0.3) is 0 Å². The van der Waals surface area contributed by atoms with E-state index in [0.717, 1.165) is 12.6 Å². The molecule has 2 saturated heterocycles. The molecule has 11 heteroatoms. The second-order valence-electron chi connectivity index (χ2n) is 9.06. The Morgan fingerprint density at radius 2 is 1.66 bits per heavy atom. The first-order valence-electron chi connectivity index (χ1n) is 10.6. The van der Waals surface area contributed by atoms with Gasteiger partial charge in [-0.3, -0.25) is 9.69 Å². The van der Waals surface area contributed by atoms with Crippen LogP contribution >= 0.6 is 0 Å². The molecular weight excluding hydrogens is 430 g/mol. The maximum absolute atomic E-state index is 13.4. The molecule has 32 heavy (non-hydrogen) atoms. The molecule has 0 radical (unpaired) electrons. The van der Waals surface area contributed by atoms with Crippen LogP contribution in [-0.2, 0) is 11.0 Å². The molecule has 7 nitrogen and oxygen atoms in total. The maximum Gasteiger partial charge on any atom is 0.419 e. The van der Waals surface area contributed by atoms with Crippen molar-refractivity contribution >= 4 is 17.6 Å². The standard InChI is InChI=1S/C21H29F4N5O2/c1-20(2,3)30-7-6-26-17(13-30)18(31)28-8-10-29(11-9-28)19(32)27-14-4-5-16(22)15(12-14)21(23,24)25/h4-5,12,17,26H,6-11,13H2,1-3H3,(H,27,32)/t17-/m1/s1. The summed E-state index contributed by atoms with van der Waals surface area (Å²) in [6.07, 6.45) is -4.85. The Kier molecular flexibility index (Phi) is 6.99. The molecule has 0 bridgehead atoms. The quantitative estimate of drug-likeness (QED) is 0.668. The summed E-state index contributed by atoms with van der Waals surface area (Å²) in [6, 6.07) is 1.42. The van der Waals surface area contributed by atoms with E-state index in [1.807, 2.05) is 0 Å². The van der Waals surface area contributed by atoms with Crippen LogP contribution in [0, 0.1) is 5.82 Å². The average molecular weight is 459 g/mol. The van der Waals surface area contributed by atoms with E-state index in [1.54, 1.807) is 4.90 Å². The van der Waals surface area contributed by atoms with E-state index in [1.165, 1.54) is 4.90 Å². The van der Waals surface area contributed by atoms with Crippen LogP contribution in [0.4, 0.5) is 28.0 Å². The van der Waals surface area contributed by atoms with Crippen molar-refractivity contribution in [1.29, 1.82) is 0 Å². The number of benzene rings is 1. The van der Waals surface area contributed by atoms with Gasteiger partial charge in [0, 0.05) is 57.0 Å². The lowest BCUT2D eigenvalue weighted by Crippen LogP contribution is -2.63. The third-order valence-electron chi connectivity index (χ3n) is 5.82. The van der Waals surface area contributed by atoms with E-state index >= 15 is 0 Å². The number of nitrogens with zero attached hydrogens (tertiary/aromatic N) is 3. The van der Waals surface area contributed by atoms with Crippen molar-refractivity contribution in [3.05, 3.63) is 29.6 Å². The second-order valence-corrected chi connectivity index (χ2v) is 9.06. The predicted octanol–water partition coefficient (Wildman–Crippen LogP) is 2.59. The Morgan fingerprint density at radius 1 is 1.03 bits per heavy atom. The van der Waals surface area contributed by atoms with Gasteiger partial charge in [-0.05, 0) is 39.0 Å². The van der Waals surface area contributed by atoms with E-state index in [2.05, 4.69) is 36.3 Å². The number of urea groups is 1. The molecule has 1 aromatic rings. The van der Waals surface area contributed by atoms with Crippen LogP contribution in [0.15, 0.2) is 18.2 Å². The molecule has 2 N–H and O–H groups in total. The largest absolute Gasteiger partial charge is 0.419 e. The summed E-state index contributed by atoms with van der Waals surface area (Å²) >= 11 is 0. The third kappa shape index (κ3) is 5.69. The molecule has 178 valence electrons. The van der Waals surface area contributed by atoms with E-state index < -0.39 is 23.6 Å². The molecule has 0 aliphatic carbocycles. The number of amides is 3. The van der Waals surface area contributed by atoms with Crippen LogP contribution in [-0.4, -0.2) is 84.0 Å². The van der Waals surface area contributed by atoms with E-state index in [-0.39, 0.29) is 36.3 Å². The molecule has 2 fully saturated rings. The number of nitrogens with one attached hydrogen (secondary N) is 2. The zero-order valence-corrected chi connectivity index (χ0v) is 18.4. The van der Waals surface area contributed by atoms with Gasteiger partial charge >= 0.3 is 12.2 Å². The summed E-state index contributed by atoms with van der Waals surface area (Å²) in [6.45, 7) is 9.67. The van der Waals surface area contributed by atoms with Crippen molar-refractivity contribution in [2.75, 3.05) is 51.1 Å². The van der Waals surface area contributed by atoms with Crippen LogP contribution in [0.3, 0.4) is 0 Å². The Balaban J connectivity index is 1.54. The van der Waals surface area contributed by atoms with Crippen molar-refractivity contribution < 1.29 is 27.2 Å². The first-order chi connectivity index (χ1) is 14.9. The monoisotopic (exact) mass is 459 g/mol. The number of hydrogen-bond donors (Lipinski definition) is 2. The molecule has 2 aliphatic rings. The second kappa shape index (κ2) is 9.22. The van der Waals surface area contributed by atoms with Crippen LogP contribution in [0.2, 0.25) is 0 Å². The molecule has 3 rings (SSSR count). The highest BCUT2D eigenvalue weighted by atomic mass is 19.4. The molecule has 1 atom stereocenters. The van der Waals surface area contributed by atoms with E-state index in [0.29, 0.717) is 38.3 Å². The van der Waals surface area contributed by atoms with Gasteiger partial charge in [0.25, 0.3) is 0 Å². The highest BCUT2D eigenvalue weighted by Crippen LogP contribution is 2.33. The average Bonchev–Trinajstić information content (AvgIpc) is 2.73. The Hall–Kier alpha value is -2.40. The zero-order chi connectivity index (χ0) is 23.7. The van der Waals surface area contributed by atoms with E-state index in [4.69, 9.17) is 0 Å². The number of carbonyl (C=O) groups is 2. The summed E-state index contributed by atoms with van der Waals surface area (Å²) in [7, 11) is 0. The first-order valence-corrected chi connectivity index (χ1v) is 10.6. The van der Waals surface area contributed by atoms with Gasteiger partial charge in [-0.15, -0.1) is 0 Å². The maximum atomic E-state index is 13.4. The van der Waals surface area contributed by atoms with Crippen molar-refractivity contribution in [3.8, 4) is 0 Å². The minimum atomic E-state index is -4.85. The summed E-state index contributed by atoms with van der Waals surface area (Å²) in [5.41, 5.74) is -1.62. The lowest BCUT2D eigenvalue weighted by atomic mass is 10.0. The topological polar surface area (TPSA) is 67.9 Å². The molecule has 3 amide bonds. The lowest BCUT2D eigenvalue weighted by molar-refractivity contribution is -0.140. The third-order valence-corrected chi connectivity index (χ3v) is 5.82. The first kappa shape index (κ1) is 24.2. The van der Waals surface area contributed by atoms with Gasteiger partial charge in [-0.25, -0.2) is 9.18 Å². The highest BCUT2D eigenvalue weighted by molar-refractivity contribution is 5.90. The van der Waals surface area contributed by atoms with Crippen LogP contribution < -0.4 is 10.6 Å². The summed E-state index contributed by atoms with van der Waals surface area (Å²) < 4.78 is 52.1. The molecule has 0 saturated carbocycles. The van der Waals surface area contributed by atoms with Gasteiger partial charge in [0.2, 0.25) is 5.91 Å². The van der Waals surface area contributed by atoms with Crippen LogP contribution in [0.1, 0.15) is 26.3 Å². The number of alkyl halides is 3. The van der Waals surface area contributed by atoms with Crippen LogP contribution in [0.5, 0.6) is 0 Å². The fraction of sp³-hybridized carbons (Fsp3) is 0.619. The lowest BCUT2D eigenvalue weighted by Gasteiger charge is -2.43. The number of rotatable bonds is 2.